The molecule has 0 heterocycles. The fraction of sp³-hybridized carbons (Fsp3) is 0.400. The third kappa shape index (κ3) is 1.87. The zero-order chi connectivity index (χ0) is 14.3. The van der Waals surface area contributed by atoms with Crippen LogP contribution in [0.2, 0.25) is 0 Å². The molecule has 0 saturated heterocycles. The first kappa shape index (κ1) is 14.2. The van der Waals surface area contributed by atoms with Gasteiger partial charge in [-0.05, 0) is 13.0 Å². The summed E-state index contributed by atoms with van der Waals surface area (Å²) in [4.78, 5) is 21.6. The van der Waals surface area contributed by atoms with Crippen molar-refractivity contribution in [3.63, 3.8) is 0 Å². The van der Waals surface area contributed by atoms with Crippen LogP contribution >= 0.6 is 0 Å². The van der Waals surface area contributed by atoms with Crippen LogP contribution in [0.5, 0.6) is 0 Å². The Morgan fingerprint density at radius 3 is 2.17 bits per heavy atom. The molecule has 0 aromatic carbocycles. The van der Waals surface area contributed by atoms with E-state index in [1.165, 1.54) is 0 Å². The average Bonchev–Trinajstić information content (AvgIpc) is 2.14. The van der Waals surface area contributed by atoms with Crippen molar-refractivity contribution in [2.75, 3.05) is 0 Å². The zero-order valence-electron chi connectivity index (χ0n) is 8.95. The predicted molar refractivity (Wildman–Crippen MR) is 50.2 cm³/mol. The van der Waals surface area contributed by atoms with E-state index in [2.05, 4.69) is 0 Å². The molecule has 1 aliphatic rings. The van der Waals surface area contributed by atoms with Crippen molar-refractivity contribution in [1.29, 1.82) is 0 Å². The molecule has 18 heavy (non-hydrogen) atoms. The number of hydrogen-bond acceptors (Lipinski definition) is 2. The van der Waals surface area contributed by atoms with Gasteiger partial charge in [-0.3, -0.25) is 4.79 Å². The molecule has 0 aromatic rings. The lowest BCUT2D eigenvalue weighted by Gasteiger charge is -2.37. The zero-order valence-corrected chi connectivity index (χ0v) is 8.95. The molecule has 8 heteroatoms. The van der Waals surface area contributed by atoms with Gasteiger partial charge in [0.15, 0.2) is 0 Å². The SMILES string of the molecule is CC1(C(F)(F)F)C(C(=O)O)=C(F)C=CC1C(=O)O. The van der Waals surface area contributed by atoms with Gasteiger partial charge in [-0.15, -0.1) is 0 Å². The van der Waals surface area contributed by atoms with Crippen LogP contribution in [0.15, 0.2) is 23.6 Å². The summed E-state index contributed by atoms with van der Waals surface area (Å²) in [5, 5.41) is 17.4. The number of allylic oxidation sites excluding steroid dienone is 2. The first-order valence-corrected chi connectivity index (χ1v) is 4.64. The van der Waals surface area contributed by atoms with E-state index in [1.54, 1.807) is 0 Å². The third-order valence-electron chi connectivity index (χ3n) is 2.88. The van der Waals surface area contributed by atoms with Crippen molar-refractivity contribution in [2.45, 2.75) is 13.1 Å². The Balaban J connectivity index is 3.58. The van der Waals surface area contributed by atoms with E-state index in [-0.39, 0.29) is 0 Å². The van der Waals surface area contributed by atoms with Crippen LogP contribution in [0.4, 0.5) is 17.6 Å². The van der Waals surface area contributed by atoms with Crippen molar-refractivity contribution < 1.29 is 37.4 Å². The number of halogens is 4. The number of hydrogen-bond donors (Lipinski definition) is 2. The molecule has 100 valence electrons. The van der Waals surface area contributed by atoms with Gasteiger partial charge in [0, 0.05) is 0 Å². The first-order valence-electron chi connectivity index (χ1n) is 4.64. The van der Waals surface area contributed by atoms with Gasteiger partial charge in [-0.2, -0.15) is 13.2 Å². The molecule has 0 aromatic heterocycles. The van der Waals surface area contributed by atoms with E-state index in [0.29, 0.717) is 19.1 Å². The lowest BCUT2D eigenvalue weighted by atomic mass is 9.67. The number of aliphatic carboxylic acids is 2. The van der Waals surface area contributed by atoms with Crippen molar-refractivity contribution in [2.24, 2.45) is 11.3 Å². The number of carbonyl (C=O) groups is 2. The van der Waals surface area contributed by atoms with E-state index in [4.69, 9.17) is 10.2 Å². The number of carboxylic acid groups (broad SMARTS) is 2. The maximum Gasteiger partial charge on any atom is 0.399 e. The fourth-order valence-electron chi connectivity index (χ4n) is 1.83. The van der Waals surface area contributed by atoms with Gasteiger partial charge >= 0.3 is 18.1 Å². The monoisotopic (exact) mass is 268 g/mol. The second kappa shape index (κ2) is 4.11. The summed E-state index contributed by atoms with van der Waals surface area (Å²) >= 11 is 0. The summed E-state index contributed by atoms with van der Waals surface area (Å²) < 4.78 is 52.2. The Morgan fingerprint density at radius 1 is 1.33 bits per heavy atom. The number of alkyl halides is 3. The molecular formula is C10H8F4O4. The predicted octanol–water partition coefficient (Wildman–Crippen LogP) is 2.13. The smallest absolute Gasteiger partial charge is 0.399 e. The van der Waals surface area contributed by atoms with Gasteiger partial charge in [0.25, 0.3) is 0 Å². The van der Waals surface area contributed by atoms with Crippen molar-refractivity contribution in [3.8, 4) is 0 Å². The molecule has 2 atom stereocenters. The van der Waals surface area contributed by atoms with Crippen LogP contribution in [-0.4, -0.2) is 28.3 Å². The highest BCUT2D eigenvalue weighted by Crippen LogP contribution is 2.53. The van der Waals surface area contributed by atoms with E-state index < -0.39 is 40.8 Å². The number of rotatable bonds is 2. The van der Waals surface area contributed by atoms with Crippen molar-refractivity contribution in [3.05, 3.63) is 23.6 Å². The Labute approximate surface area is 98.2 Å². The molecule has 1 rings (SSSR count). The highest BCUT2D eigenvalue weighted by Gasteiger charge is 2.63. The molecule has 4 nitrogen and oxygen atoms in total. The highest BCUT2D eigenvalue weighted by atomic mass is 19.4. The summed E-state index contributed by atoms with van der Waals surface area (Å²) in [6.45, 7) is 0.359. The van der Waals surface area contributed by atoms with Crippen LogP contribution in [0.3, 0.4) is 0 Å². The Morgan fingerprint density at radius 2 is 1.83 bits per heavy atom. The summed E-state index contributed by atoms with van der Waals surface area (Å²) in [6.07, 6.45) is -4.29. The van der Waals surface area contributed by atoms with Gasteiger partial charge in [-0.1, -0.05) is 6.08 Å². The van der Waals surface area contributed by atoms with Crippen molar-refractivity contribution >= 4 is 11.9 Å². The van der Waals surface area contributed by atoms with Crippen LogP contribution < -0.4 is 0 Å². The third-order valence-corrected chi connectivity index (χ3v) is 2.88. The van der Waals surface area contributed by atoms with Gasteiger partial charge in [0.1, 0.15) is 11.2 Å². The summed E-state index contributed by atoms with van der Waals surface area (Å²) in [7, 11) is 0. The van der Waals surface area contributed by atoms with Gasteiger partial charge in [-0.25, -0.2) is 9.18 Å². The molecule has 0 saturated carbocycles. The quantitative estimate of drug-likeness (QED) is 0.752. The average molecular weight is 268 g/mol. The Bertz CT molecular complexity index is 463. The lowest BCUT2D eigenvalue weighted by Crippen LogP contribution is -2.49. The van der Waals surface area contributed by atoms with E-state index in [0.717, 1.165) is 0 Å². The van der Waals surface area contributed by atoms with Crippen LogP contribution in [0.25, 0.3) is 0 Å². The summed E-state index contributed by atoms with van der Waals surface area (Å²) in [5.74, 6) is -7.80. The molecule has 2 unspecified atom stereocenters. The molecule has 0 radical (unpaired) electrons. The van der Waals surface area contributed by atoms with Crippen molar-refractivity contribution in [1.82, 2.24) is 0 Å². The van der Waals surface area contributed by atoms with Gasteiger partial charge < -0.3 is 10.2 Å². The second-order valence-electron chi connectivity index (χ2n) is 3.90. The molecule has 0 bridgehead atoms. The molecule has 0 aliphatic heterocycles. The minimum Gasteiger partial charge on any atom is -0.481 e. The normalized spacial score (nSPS) is 28.4. The second-order valence-corrected chi connectivity index (χ2v) is 3.90. The molecular weight excluding hydrogens is 260 g/mol. The topological polar surface area (TPSA) is 74.6 Å². The van der Waals surface area contributed by atoms with E-state index in [1.807, 2.05) is 0 Å². The Kier molecular flexibility index (Phi) is 3.24. The van der Waals surface area contributed by atoms with Crippen LogP contribution in [-0.2, 0) is 9.59 Å². The minimum atomic E-state index is -5.22. The van der Waals surface area contributed by atoms with Crippen LogP contribution in [0, 0.1) is 11.3 Å². The lowest BCUT2D eigenvalue weighted by molar-refractivity contribution is -0.222. The number of carboxylic acids is 2. The van der Waals surface area contributed by atoms with E-state index >= 15 is 0 Å². The highest BCUT2D eigenvalue weighted by molar-refractivity contribution is 5.92. The molecule has 1 aliphatic carbocycles. The van der Waals surface area contributed by atoms with E-state index in [9.17, 15) is 27.2 Å². The standard InChI is InChI=1S/C10H8F4O4/c1-9(10(12,13)14)4(7(15)16)2-3-5(11)6(9)8(17)18/h2-4H,1H3,(H,15,16)(H,17,18). The minimum absolute atomic E-state index is 0.359. The fourth-order valence-corrected chi connectivity index (χ4v) is 1.83. The van der Waals surface area contributed by atoms with Gasteiger partial charge in [0.05, 0.1) is 11.5 Å². The summed E-state index contributed by atoms with van der Waals surface area (Å²) in [5.41, 5.74) is -4.91. The maximum atomic E-state index is 13.3. The summed E-state index contributed by atoms with van der Waals surface area (Å²) in [6, 6.07) is 0. The largest absolute Gasteiger partial charge is 0.481 e. The van der Waals surface area contributed by atoms with Crippen LogP contribution in [0.1, 0.15) is 6.92 Å². The first-order chi connectivity index (χ1) is 8.03. The molecule has 0 spiro atoms. The molecule has 0 amide bonds. The Hall–Kier alpha value is -1.86. The molecule has 2 N–H and O–H groups in total. The molecule has 0 fully saturated rings. The maximum absolute atomic E-state index is 13.3. The van der Waals surface area contributed by atoms with Gasteiger partial charge in [0.2, 0.25) is 0 Å².